The third-order valence-corrected chi connectivity index (χ3v) is 1.37. The van der Waals surface area contributed by atoms with E-state index in [-0.39, 0.29) is 6.41 Å². The summed E-state index contributed by atoms with van der Waals surface area (Å²) in [5.74, 6) is 0. The van der Waals surface area contributed by atoms with Gasteiger partial charge in [-0.25, -0.2) is 0 Å². The van der Waals surface area contributed by atoms with Crippen molar-refractivity contribution >= 4 is 18.2 Å². The molecule has 86 valence electrons. The Hall–Kier alpha value is -0.960. The highest BCUT2D eigenvalue weighted by Crippen LogP contribution is 2.06. The zero-order valence-electron chi connectivity index (χ0n) is 10.2. The largest absolute Gasteiger partial charge is 0.372 e. The van der Waals surface area contributed by atoms with Gasteiger partial charge >= 0.3 is 0 Å². The second kappa shape index (κ2) is 11.1. The molecular formula is C12H21NOS. The summed E-state index contributed by atoms with van der Waals surface area (Å²) in [7, 11) is 0. The summed E-state index contributed by atoms with van der Waals surface area (Å²) >= 11 is 1.75. The molecule has 0 aliphatic carbocycles. The number of carbonyl (C=O) groups is 1. The van der Waals surface area contributed by atoms with Crippen molar-refractivity contribution in [2.45, 2.75) is 20.8 Å². The maximum Gasteiger partial charge on any atom is 0.204 e. The van der Waals surface area contributed by atoms with Gasteiger partial charge in [-0.1, -0.05) is 34.9 Å². The van der Waals surface area contributed by atoms with Gasteiger partial charge in [0.15, 0.2) is 0 Å². The Balaban J connectivity index is 0. The van der Waals surface area contributed by atoms with Crippen molar-refractivity contribution in [2.75, 3.05) is 12.5 Å². The normalized spacial score (nSPS) is 7.80. The van der Waals surface area contributed by atoms with Gasteiger partial charge in [0.2, 0.25) is 6.41 Å². The predicted octanol–water partition coefficient (Wildman–Crippen LogP) is 2.69. The Labute approximate surface area is 97.3 Å². The zero-order valence-corrected chi connectivity index (χ0v) is 11.0. The van der Waals surface area contributed by atoms with Crippen LogP contribution in [-0.4, -0.2) is 18.9 Å². The number of thioether (sulfide) groups is 1. The molecular weight excluding hydrogens is 206 g/mol. The van der Waals surface area contributed by atoms with Crippen LogP contribution in [0.4, 0.5) is 0 Å². The minimum atomic E-state index is 0.250. The van der Waals surface area contributed by atoms with Crippen LogP contribution in [0.5, 0.6) is 0 Å². The molecule has 0 spiro atoms. The first-order valence-electron chi connectivity index (χ1n) is 4.62. The molecule has 0 saturated carbocycles. The number of nitrogens with two attached hydrogens (primary N) is 1. The highest BCUT2D eigenvalue weighted by atomic mass is 32.2. The van der Waals surface area contributed by atoms with Crippen molar-refractivity contribution in [3.63, 3.8) is 0 Å². The van der Waals surface area contributed by atoms with Crippen LogP contribution in [0.1, 0.15) is 16.7 Å². The van der Waals surface area contributed by atoms with Gasteiger partial charge in [0.25, 0.3) is 0 Å². The summed E-state index contributed by atoms with van der Waals surface area (Å²) in [6, 6.07) is 6.56. The van der Waals surface area contributed by atoms with E-state index in [2.05, 4.69) is 44.7 Å². The van der Waals surface area contributed by atoms with Gasteiger partial charge in [-0.2, -0.15) is 11.8 Å². The molecule has 1 aromatic carbocycles. The van der Waals surface area contributed by atoms with E-state index in [9.17, 15) is 0 Å². The van der Waals surface area contributed by atoms with Crippen molar-refractivity contribution in [3.05, 3.63) is 34.9 Å². The van der Waals surface area contributed by atoms with Gasteiger partial charge < -0.3 is 5.73 Å². The molecule has 2 nitrogen and oxygen atoms in total. The molecule has 0 fully saturated rings. The van der Waals surface area contributed by atoms with Gasteiger partial charge in [-0.05, 0) is 33.3 Å². The quantitative estimate of drug-likeness (QED) is 0.692. The predicted molar refractivity (Wildman–Crippen MR) is 70.3 cm³/mol. The fraction of sp³-hybridized carbons (Fsp3) is 0.417. The summed E-state index contributed by atoms with van der Waals surface area (Å²) in [6.07, 6.45) is 4.33. The Morgan fingerprint density at radius 1 is 1.00 bits per heavy atom. The number of hydrogen-bond acceptors (Lipinski definition) is 2. The molecule has 0 bridgehead atoms. The maximum atomic E-state index is 8.58. The molecule has 0 aliphatic heterocycles. The number of primary amides is 1. The Morgan fingerprint density at radius 2 is 1.13 bits per heavy atom. The SMILES string of the molecule is CSC.Cc1cc(C)cc(C)c1.NC=O. The van der Waals surface area contributed by atoms with Gasteiger partial charge in [-0.3, -0.25) is 4.79 Å². The second-order valence-corrected chi connectivity index (χ2v) is 4.03. The molecule has 0 radical (unpaired) electrons. The Kier molecular flexibility index (Phi) is 12.2. The molecule has 1 rings (SSSR count). The highest BCUT2D eigenvalue weighted by molar-refractivity contribution is 7.97. The van der Waals surface area contributed by atoms with E-state index in [1.165, 1.54) is 16.7 Å². The number of carbonyl (C=O) groups excluding carboxylic acids is 1. The first kappa shape index (κ1) is 16.5. The van der Waals surface area contributed by atoms with Crippen molar-refractivity contribution in [3.8, 4) is 0 Å². The molecule has 0 saturated heterocycles. The molecule has 0 heterocycles. The third kappa shape index (κ3) is 13.0. The second-order valence-electron chi connectivity index (χ2n) is 3.21. The fourth-order valence-corrected chi connectivity index (χ4v) is 1.20. The van der Waals surface area contributed by atoms with E-state index in [0.717, 1.165) is 0 Å². The first-order valence-corrected chi connectivity index (χ1v) is 6.25. The summed E-state index contributed by atoms with van der Waals surface area (Å²) in [4.78, 5) is 8.58. The molecule has 2 N–H and O–H groups in total. The van der Waals surface area contributed by atoms with Crippen molar-refractivity contribution in [1.29, 1.82) is 0 Å². The minimum Gasteiger partial charge on any atom is -0.372 e. The maximum absolute atomic E-state index is 8.58. The van der Waals surface area contributed by atoms with Gasteiger partial charge in [0, 0.05) is 0 Å². The monoisotopic (exact) mass is 227 g/mol. The van der Waals surface area contributed by atoms with Gasteiger partial charge in [-0.15, -0.1) is 0 Å². The number of benzene rings is 1. The lowest BCUT2D eigenvalue weighted by molar-refractivity contribution is -0.106. The summed E-state index contributed by atoms with van der Waals surface area (Å²) < 4.78 is 0. The lowest BCUT2D eigenvalue weighted by atomic mass is 10.1. The topological polar surface area (TPSA) is 43.1 Å². The zero-order chi connectivity index (χ0) is 12.3. The fourth-order valence-electron chi connectivity index (χ4n) is 1.20. The Bertz CT molecular complexity index is 224. The van der Waals surface area contributed by atoms with E-state index >= 15 is 0 Å². The molecule has 15 heavy (non-hydrogen) atoms. The number of hydrogen-bond donors (Lipinski definition) is 1. The average molecular weight is 227 g/mol. The Morgan fingerprint density at radius 3 is 1.27 bits per heavy atom. The molecule has 0 atom stereocenters. The van der Waals surface area contributed by atoms with Gasteiger partial charge in [0.05, 0.1) is 0 Å². The van der Waals surface area contributed by atoms with Crippen LogP contribution in [0.25, 0.3) is 0 Å². The number of rotatable bonds is 0. The summed E-state index contributed by atoms with van der Waals surface area (Å²) in [6.45, 7) is 6.38. The smallest absolute Gasteiger partial charge is 0.204 e. The van der Waals surface area contributed by atoms with E-state index in [4.69, 9.17) is 4.79 Å². The van der Waals surface area contributed by atoms with Crippen molar-refractivity contribution < 1.29 is 4.79 Å². The van der Waals surface area contributed by atoms with Crippen LogP contribution < -0.4 is 5.73 Å². The van der Waals surface area contributed by atoms with Crippen molar-refractivity contribution in [1.82, 2.24) is 0 Å². The molecule has 0 aromatic heterocycles. The van der Waals surface area contributed by atoms with Crippen LogP contribution in [-0.2, 0) is 4.79 Å². The van der Waals surface area contributed by atoms with Crippen LogP contribution in [0.3, 0.4) is 0 Å². The highest BCUT2D eigenvalue weighted by Gasteiger charge is 1.87. The minimum absolute atomic E-state index is 0.250. The van der Waals surface area contributed by atoms with Crippen LogP contribution in [0, 0.1) is 20.8 Å². The van der Waals surface area contributed by atoms with E-state index in [1.54, 1.807) is 11.8 Å². The first-order chi connectivity index (χ1) is 7.01. The molecule has 1 amide bonds. The van der Waals surface area contributed by atoms with Crippen LogP contribution in [0.2, 0.25) is 0 Å². The molecule has 0 unspecified atom stereocenters. The van der Waals surface area contributed by atoms with E-state index in [0.29, 0.717) is 0 Å². The molecule has 0 aliphatic rings. The van der Waals surface area contributed by atoms with Crippen LogP contribution in [0.15, 0.2) is 18.2 Å². The summed E-state index contributed by atoms with van der Waals surface area (Å²) in [5.41, 5.74) is 8.23. The average Bonchev–Trinajstić information content (AvgIpc) is 2.03. The molecule has 3 heteroatoms. The summed E-state index contributed by atoms with van der Waals surface area (Å²) in [5, 5.41) is 0. The lowest BCUT2D eigenvalue weighted by Gasteiger charge is -1.96. The number of amides is 1. The van der Waals surface area contributed by atoms with E-state index < -0.39 is 0 Å². The third-order valence-electron chi connectivity index (χ3n) is 1.37. The standard InChI is InChI=1S/C9H12.C2H6S.CH3NO/c1-7-4-8(2)6-9(3)5-7;1-3-2;2-1-3/h4-6H,1-3H3;1-2H3;1H,(H2,2,3). The molecule has 1 aromatic rings. The van der Waals surface area contributed by atoms with Crippen molar-refractivity contribution in [2.24, 2.45) is 5.73 Å². The number of aryl methyl sites for hydroxylation is 3. The van der Waals surface area contributed by atoms with Gasteiger partial charge in [0.1, 0.15) is 0 Å². The lowest BCUT2D eigenvalue weighted by Crippen LogP contribution is -1.82. The van der Waals surface area contributed by atoms with E-state index in [1.807, 2.05) is 12.5 Å². The van der Waals surface area contributed by atoms with Crippen LogP contribution >= 0.6 is 11.8 Å².